The molecule has 198 valence electrons. The average molecular weight is 512 g/mol. The van der Waals surface area contributed by atoms with Crippen molar-refractivity contribution in [3.63, 3.8) is 0 Å². The fourth-order valence-corrected chi connectivity index (χ4v) is 5.68. The Labute approximate surface area is 225 Å². The first-order valence-corrected chi connectivity index (χ1v) is 13.6. The fraction of sp³-hybridized carbons (Fsp3) is 0.375. The van der Waals surface area contributed by atoms with E-state index < -0.39 is 6.17 Å². The van der Waals surface area contributed by atoms with Gasteiger partial charge >= 0.3 is 0 Å². The number of nitrogens with zero attached hydrogens (tertiary/aromatic N) is 4. The van der Waals surface area contributed by atoms with E-state index in [1.807, 2.05) is 12.4 Å². The van der Waals surface area contributed by atoms with Crippen LogP contribution in [0.15, 0.2) is 73.7 Å². The molecule has 2 aliphatic rings. The van der Waals surface area contributed by atoms with Crippen molar-refractivity contribution in [2.24, 2.45) is 11.8 Å². The Bertz CT molecular complexity index is 1400. The van der Waals surface area contributed by atoms with E-state index in [0.717, 1.165) is 60.7 Å². The van der Waals surface area contributed by atoms with E-state index in [4.69, 9.17) is 0 Å². The number of allylic oxidation sites excluding steroid dienone is 5. The van der Waals surface area contributed by atoms with E-state index >= 15 is 0 Å². The minimum absolute atomic E-state index is 0.252. The van der Waals surface area contributed by atoms with Gasteiger partial charge in [0.15, 0.2) is 11.5 Å². The molecule has 3 aromatic rings. The van der Waals surface area contributed by atoms with Crippen LogP contribution in [-0.2, 0) is 0 Å². The third-order valence-electron chi connectivity index (χ3n) is 7.91. The van der Waals surface area contributed by atoms with Crippen LogP contribution in [0.5, 0.6) is 0 Å². The summed E-state index contributed by atoms with van der Waals surface area (Å²) in [5.41, 5.74) is 8.56. The van der Waals surface area contributed by atoms with Crippen molar-refractivity contribution in [2.75, 3.05) is 18.4 Å². The summed E-state index contributed by atoms with van der Waals surface area (Å²) in [6.07, 6.45) is 14.9. The molecular formula is C32H38FN5. The van der Waals surface area contributed by atoms with Gasteiger partial charge in [0.2, 0.25) is 0 Å². The molecule has 0 bridgehead atoms. The van der Waals surface area contributed by atoms with E-state index in [1.54, 1.807) is 13.1 Å². The normalized spacial score (nSPS) is 18.9. The van der Waals surface area contributed by atoms with E-state index in [1.165, 1.54) is 16.7 Å². The lowest BCUT2D eigenvalue weighted by atomic mass is 9.90. The van der Waals surface area contributed by atoms with Gasteiger partial charge in [-0.05, 0) is 81.6 Å². The van der Waals surface area contributed by atoms with Gasteiger partial charge in [-0.3, -0.25) is 4.40 Å². The summed E-state index contributed by atoms with van der Waals surface area (Å²) in [4.78, 5) is 11.7. The molecule has 2 aromatic heterocycles. The Balaban J connectivity index is 1.30. The number of rotatable bonds is 8. The van der Waals surface area contributed by atoms with Crippen LogP contribution >= 0.6 is 0 Å². The standard InChI is InChI=1S/C32H38FN5/c1-21(2)26-12-15-37(16-13-26)24(5)29-11-10-28(18-22(29)3)36-31-32-35-20-30(38(32)17-14-34-31)27-8-6-25(7-9-27)19-23(4)33/h6,8-11,14,17-18,20,23,25-26H,1,5,7,12-13,15-16,19H2,2-4H3,(H,34,36). The molecule has 0 saturated carbocycles. The summed E-state index contributed by atoms with van der Waals surface area (Å²) in [6, 6.07) is 6.38. The van der Waals surface area contributed by atoms with Crippen molar-refractivity contribution in [2.45, 2.75) is 52.6 Å². The summed E-state index contributed by atoms with van der Waals surface area (Å²) < 4.78 is 15.5. The minimum atomic E-state index is -0.787. The second-order valence-corrected chi connectivity index (χ2v) is 10.9. The van der Waals surface area contributed by atoms with Gasteiger partial charge in [-0.2, -0.15) is 0 Å². The Morgan fingerprint density at radius 2 is 2.00 bits per heavy atom. The molecule has 0 radical (unpaired) electrons. The molecule has 0 spiro atoms. The van der Waals surface area contributed by atoms with E-state index in [9.17, 15) is 4.39 Å². The number of imidazole rings is 1. The lowest BCUT2D eigenvalue weighted by molar-refractivity contribution is 0.278. The van der Waals surface area contributed by atoms with Gasteiger partial charge in [0.05, 0.1) is 18.1 Å². The fourth-order valence-electron chi connectivity index (χ4n) is 5.68. The first-order valence-electron chi connectivity index (χ1n) is 13.6. The SMILES string of the molecule is C=C(C)C1CCN(C(=C)c2ccc(Nc3nccn4c(C5=CCC(CC(C)F)C=C5)cnc34)cc2C)CC1. The number of anilines is 2. The van der Waals surface area contributed by atoms with E-state index in [-0.39, 0.29) is 5.92 Å². The van der Waals surface area contributed by atoms with Crippen molar-refractivity contribution >= 4 is 28.4 Å². The van der Waals surface area contributed by atoms with Crippen LogP contribution in [0.25, 0.3) is 16.9 Å². The smallest absolute Gasteiger partial charge is 0.180 e. The number of aromatic nitrogens is 3. The molecule has 5 rings (SSSR count). The first-order chi connectivity index (χ1) is 18.3. The zero-order chi connectivity index (χ0) is 26.8. The van der Waals surface area contributed by atoms with Crippen LogP contribution in [0.1, 0.15) is 56.4 Å². The summed E-state index contributed by atoms with van der Waals surface area (Å²) in [7, 11) is 0. The quantitative estimate of drug-likeness (QED) is 0.314. The summed E-state index contributed by atoms with van der Waals surface area (Å²) in [6.45, 7) is 16.5. The Kier molecular flexibility index (Phi) is 7.50. The van der Waals surface area contributed by atoms with Crippen molar-refractivity contribution in [3.8, 4) is 0 Å². The van der Waals surface area contributed by atoms with Gasteiger partial charge in [0, 0.05) is 42.4 Å². The molecular weight excluding hydrogens is 473 g/mol. The molecule has 5 nitrogen and oxygen atoms in total. The zero-order valence-electron chi connectivity index (χ0n) is 22.8. The minimum Gasteiger partial charge on any atom is -0.371 e. The topological polar surface area (TPSA) is 45.5 Å². The monoisotopic (exact) mass is 511 g/mol. The molecule has 1 saturated heterocycles. The maximum Gasteiger partial charge on any atom is 0.180 e. The highest BCUT2D eigenvalue weighted by Crippen LogP contribution is 2.32. The third-order valence-corrected chi connectivity index (χ3v) is 7.91. The molecule has 2 atom stereocenters. The lowest BCUT2D eigenvalue weighted by Gasteiger charge is -2.35. The van der Waals surface area contributed by atoms with Crippen molar-refractivity contribution in [1.29, 1.82) is 0 Å². The highest BCUT2D eigenvalue weighted by molar-refractivity contribution is 5.78. The Morgan fingerprint density at radius 1 is 1.21 bits per heavy atom. The third kappa shape index (κ3) is 5.45. The van der Waals surface area contributed by atoms with Crippen LogP contribution < -0.4 is 5.32 Å². The van der Waals surface area contributed by atoms with Gasteiger partial charge in [0.25, 0.3) is 0 Å². The molecule has 1 aliphatic carbocycles. The molecule has 3 heterocycles. The van der Waals surface area contributed by atoms with Gasteiger partial charge < -0.3 is 10.2 Å². The number of alkyl halides is 1. The molecule has 1 fully saturated rings. The van der Waals surface area contributed by atoms with E-state index in [2.05, 4.69) is 88.0 Å². The van der Waals surface area contributed by atoms with Crippen molar-refractivity contribution in [1.82, 2.24) is 19.3 Å². The van der Waals surface area contributed by atoms with E-state index in [0.29, 0.717) is 18.2 Å². The zero-order valence-corrected chi connectivity index (χ0v) is 22.8. The Hall–Kier alpha value is -3.67. The Morgan fingerprint density at radius 3 is 2.66 bits per heavy atom. The number of fused-ring (bicyclic) bond motifs is 1. The molecule has 6 heteroatoms. The molecule has 2 unspecified atom stereocenters. The second kappa shape index (κ2) is 11.0. The first kappa shape index (κ1) is 26.0. The van der Waals surface area contributed by atoms with Crippen molar-refractivity contribution in [3.05, 3.63) is 90.6 Å². The van der Waals surface area contributed by atoms with Crippen LogP contribution in [0.3, 0.4) is 0 Å². The number of benzene rings is 1. The van der Waals surface area contributed by atoms with Gasteiger partial charge in [0.1, 0.15) is 0 Å². The summed E-state index contributed by atoms with van der Waals surface area (Å²) >= 11 is 0. The van der Waals surface area contributed by atoms with Crippen molar-refractivity contribution < 1.29 is 4.39 Å². The summed E-state index contributed by atoms with van der Waals surface area (Å²) in [5.74, 6) is 1.58. The van der Waals surface area contributed by atoms with Gasteiger partial charge in [-0.1, -0.05) is 43.0 Å². The van der Waals surface area contributed by atoms with Crippen LogP contribution in [0.2, 0.25) is 0 Å². The largest absolute Gasteiger partial charge is 0.371 e. The predicted molar refractivity (Wildman–Crippen MR) is 156 cm³/mol. The number of hydrogen-bond donors (Lipinski definition) is 1. The van der Waals surface area contributed by atoms with Gasteiger partial charge in [-0.25, -0.2) is 14.4 Å². The highest BCUT2D eigenvalue weighted by Gasteiger charge is 2.22. The molecule has 1 N–H and O–H groups in total. The number of likely N-dealkylation sites (tertiary alicyclic amines) is 1. The molecule has 1 aliphatic heterocycles. The second-order valence-electron chi connectivity index (χ2n) is 10.9. The maximum atomic E-state index is 13.4. The predicted octanol–water partition coefficient (Wildman–Crippen LogP) is 7.75. The van der Waals surface area contributed by atoms with Gasteiger partial charge in [-0.15, -0.1) is 0 Å². The van der Waals surface area contributed by atoms with Crippen LogP contribution in [-0.4, -0.2) is 38.5 Å². The highest BCUT2D eigenvalue weighted by atomic mass is 19.1. The molecule has 1 aromatic carbocycles. The number of piperidine rings is 1. The number of aryl methyl sites for hydroxylation is 1. The number of halogens is 1. The number of nitrogens with one attached hydrogen (secondary N) is 1. The average Bonchev–Trinajstić information content (AvgIpc) is 3.34. The molecule has 0 amide bonds. The summed E-state index contributed by atoms with van der Waals surface area (Å²) in [5, 5.41) is 3.47. The van der Waals surface area contributed by atoms with Crippen LogP contribution in [0.4, 0.5) is 15.9 Å². The molecule has 38 heavy (non-hydrogen) atoms. The number of hydrogen-bond acceptors (Lipinski definition) is 4. The van der Waals surface area contributed by atoms with Crippen LogP contribution in [0, 0.1) is 18.8 Å². The maximum absolute atomic E-state index is 13.4. The lowest BCUT2D eigenvalue weighted by Crippen LogP contribution is -2.32.